The Morgan fingerprint density at radius 3 is 1.83 bits per heavy atom. The highest BCUT2D eigenvalue weighted by Crippen LogP contribution is 2.28. The van der Waals surface area contributed by atoms with Crippen molar-refractivity contribution in [3.63, 3.8) is 0 Å². The number of para-hydroxylation sites is 2. The van der Waals surface area contributed by atoms with Crippen LogP contribution in [0.15, 0.2) is 24.3 Å². The summed E-state index contributed by atoms with van der Waals surface area (Å²) in [6.45, 7) is 6.30. The summed E-state index contributed by atoms with van der Waals surface area (Å²) < 4.78 is 11.0. The molecule has 0 aliphatic rings. The zero-order chi connectivity index (χ0) is 22.0. The fraction of sp³-hybridized carbons (Fsp3) is 0.692. The van der Waals surface area contributed by atoms with Crippen LogP contribution in [0.5, 0.6) is 11.5 Å². The molecule has 30 heavy (non-hydrogen) atoms. The molecule has 0 radical (unpaired) electrons. The molecule has 0 aliphatic heterocycles. The van der Waals surface area contributed by atoms with E-state index in [1.54, 1.807) is 24.3 Å². The number of rotatable bonds is 17. The van der Waals surface area contributed by atoms with Gasteiger partial charge in [-0.25, -0.2) is 0 Å². The van der Waals surface area contributed by atoms with E-state index < -0.39 is 0 Å². The predicted octanol–water partition coefficient (Wildman–Crippen LogP) is 7.63. The molecular weight excluding hydrogens is 376 g/mol. The number of hydrogen-bond acceptors (Lipinski definition) is 4. The topological polar surface area (TPSA) is 52.6 Å². The van der Waals surface area contributed by atoms with Gasteiger partial charge >= 0.3 is 11.9 Å². The molecule has 0 N–H and O–H groups in total. The van der Waals surface area contributed by atoms with Crippen molar-refractivity contribution in [2.45, 2.75) is 111 Å². The Labute approximate surface area is 183 Å². The highest BCUT2D eigenvalue weighted by molar-refractivity contribution is 5.77. The van der Waals surface area contributed by atoms with Crippen molar-refractivity contribution in [2.75, 3.05) is 0 Å². The Hall–Kier alpha value is -1.84. The normalized spacial score (nSPS) is 11.8. The van der Waals surface area contributed by atoms with Gasteiger partial charge in [0, 0.05) is 6.42 Å². The molecule has 0 aromatic heterocycles. The van der Waals surface area contributed by atoms with Gasteiger partial charge in [0.25, 0.3) is 0 Å². The summed E-state index contributed by atoms with van der Waals surface area (Å²) in [5.41, 5.74) is 0. The Balaban J connectivity index is 2.38. The third kappa shape index (κ3) is 12.0. The largest absolute Gasteiger partial charge is 0.423 e. The molecule has 0 saturated carbocycles. The molecule has 0 amide bonds. The summed E-state index contributed by atoms with van der Waals surface area (Å²) >= 11 is 0. The van der Waals surface area contributed by atoms with Crippen molar-refractivity contribution in [3.8, 4) is 11.5 Å². The second kappa shape index (κ2) is 16.9. The second-order valence-electron chi connectivity index (χ2n) is 8.32. The fourth-order valence-corrected chi connectivity index (χ4v) is 3.40. The van der Waals surface area contributed by atoms with Crippen LogP contribution in [0, 0.1) is 5.92 Å². The molecule has 0 bridgehead atoms. The number of unbranched alkanes of at least 4 members (excludes halogenated alkanes) is 10. The van der Waals surface area contributed by atoms with Gasteiger partial charge in [-0.05, 0) is 25.0 Å². The number of esters is 2. The molecular formula is C26H42O4. The molecule has 170 valence electrons. The summed E-state index contributed by atoms with van der Waals surface area (Å²) in [5.74, 6) is -0.0395. The molecule has 1 atom stereocenters. The van der Waals surface area contributed by atoms with Gasteiger partial charge in [0.05, 0.1) is 5.92 Å². The lowest BCUT2D eigenvalue weighted by Gasteiger charge is -2.14. The monoisotopic (exact) mass is 418 g/mol. The summed E-state index contributed by atoms with van der Waals surface area (Å²) in [6, 6.07) is 6.93. The first-order valence-corrected chi connectivity index (χ1v) is 12.1. The van der Waals surface area contributed by atoms with Crippen LogP contribution in [-0.2, 0) is 9.59 Å². The third-order valence-corrected chi connectivity index (χ3v) is 5.41. The molecule has 0 aliphatic carbocycles. The van der Waals surface area contributed by atoms with E-state index in [0.29, 0.717) is 17.9 Å². The van der Waals surface area contributed by atoms with E-state index in [1.165, 1.54) is 44.9 Å². The Morgan fingerprint density at radius 1 is 0.733 bits per heavy atom. The maximum atomic E-state index is 12.4. The molecule has 1 aromatic carbocycles. The number of hydrogen-bond donors (Lipinski definition) is 0. The lowest BCUT2D eigenvalue weighted by molar-refractivity contribution is -0.140. The van der Waals surface area contributed by atoms with Gasteiger partial charge in [0.1, 0.15) is 0 Å². The molecule has 4 heteroatoms. The molecule has 0 spiro atoms. The molecule has 4 nitrogen and oxygen atoms in total. The van der Waals surface area contributed by atoms with Gasteiger partial charge in [0.15, 0.2) is 11.5 Å². The van der Waals surface area contributed by atoms with Crippen LogP contribution in [0.1, 0.15) is 111 Å². The van der Waals surface area contributed by atoms with E-state index >= 15 is 0 Å². The lowest BCUT2D eigenvalue weighted by atomic mass is 10.0. The van der Waals surface area contributed by atoms with E-state index in [1.807, 2.05) is 6.92 Å². The van der Waals surface area contributed by atoms with Gasteiger partial charge in [-0.3, -0.25) is 9.59 Å². The average Bonchev–Trinajstić information content (AvgIpc) is 2.74. The minimum absolute atomic E-state index is 0.164. The highest BCUT2D eigenvalue weighted by atomic mass is 16.6. The van der Waals surface area contributed by atoms with Crippen LogP contribution in [0.3, 0.4) is 0 Å². The third-order valence-electron chi connectivity index (χ3n) is 5.41. The van der Waals surface area contributed by atoms with Gasteiger partial charge in [-0.1, -0.05) is 104 Å². The first-order valence-electron chi connectivity index (χ1n) is 12.1. The van der Waals surface area contributed by atoms with Crippen molar-refractivity contribution in [3.05, 3.63) is 24.3 Å². The first-order chi connectivity index (χ1) is 14.6. The molecule has 0 fully saturated rings. The predicted molar refractivity (Wildman–Crippen MR) is 123 cm³/mol. The van der Waals surface area contributed by atoms with Crippen LogP contribution in [-0.4, -0.2) is 11.9 Å². The van der Waals surface area contributed by atoms with Gasteiger partial charge < -0.3 is 9.47 Å². The summed E-state index contributed by atoms with van der Waals surface area (Å²) in [6.07, 6.45) is 15.2. The molecule has 1 aromatic rings. The number of benzene rings is 1. The zero-order valence-corrected chi connectivity index (χ0v) is 19.4. The van der Waals surface area contributed by atoms with E-state index in [4.69, 9.17) is 9.47 Å². The van der Waals surface area contributed by atoms with Crippen LogP contribution < -0.4 is 9.47 Å². The van der Waals surface area contributed by atoms with Crippen molar-refractivity contribution >= 4 is 11.9 Å². The molecule has 0 saturated heterocycles. The van der Waals surface area contributed by atoms with E-state index in [2.05, 4.69) is 13.8 Å². The first kappa shape index (κ1) is 26.2. The molecule has 1 unspecified atom stereocenters. The summed E-state index contributed by atoms with van der Waals surface area (Å²) in [5, 5.41) is 0. The molecule has 1 rings (SSSR count). The van der Waals surface area contributed by atoms with Crippen LogP contribution in [0.2, 0.25) is 0 Å². The SMILES string of the molecule is CCCCCCCCCC(=O)Oc1ccccc1OC(=O)C(C)CCCCCCC. The van der Waals surface area contributed by atoms with Crippen molar-refractivity contribution in [1.29, 1.82) is 0 Å². The van der Waals surface area contributed by atoms with Gasteiger partial charge in [-0.15, -0.1) is 0 Å². The molecule has 0 heterocycles. The maximum absolute atomic E-state index is 12.4. The second-order valence-corrected chi connectivity index (χ2v) is 8.32. The Kier molecular flexibility index (Phi) is 14.8. The van der Waals surface area contributed by atoms with Crippen LogP contribution in [0.25, 0.3) is 0 Å². The quantitative estimate of drug-likeness (QED) is 0.148. The average molecular weight is 419 g/mol. The van der Waals surface area contributed by atoms with Crippen molar-refractivity contribution in [2.24, 2.45) is 5.92 Å². The van der Waals surface area contributed by atoms with Gasteiger partial charge in [0.2, 0.25) is 0 Å². The van der Waals surface area contributed by atoms with Crippen molar-refractivity contribution < 1.29 is 19.1 Å². The summed E-state index contributed by atoms with van der Waals surface area (Å²) in [7, 11) is 0. The van der Waals surface area contributed by atoms with E-state index in [0.717, 1.165) is 38.5 Å². The van der Waals surface area contributed by atoms with Gasteiger partial charge in [-0.2, -0.15) is 0 Å². The maximum Gasteiger partial charge on any atom is 0.314 e. The van der Waals surface area contributed by atoms with Crippen LogP contribution in [0.4, 0.5) is 0 Å². The van der Waals surface area contributed by atoms with E-state index in [9.17, 15) is 9.59 Å². The smallest absolute Gasteiger partial charge is 0.314 e. The standard InChI is InChI=1S/C26H42O4/c1-4-6-8-10-11-13-15-21-25(27)29-23-19-16-17-20-24(23)30-26(28)22(3)18-14-12-9-7-5-2/h16-17,19-20,22H,4-15,18,21H2,1-3H3. The number of carbonyl (C=O) groups excluding carboxylic acids is 2. The summed E-state index contributed by atoms with van der Waals surface area (Å²) in [4.78, 5) is 24.6. The van der Waals surface area contributed by atoms with E-state index in [-0.39, 0.29) is 17.9 Å². The number of carbonyl (C=O) groups is 2. The number of ether oxygens (including phenoxy) is 2. The zero-order valence-electron chi connectivity index (χ0n) is 19.4. The lowest BCUT2D eigenvalue weighted by Crippen LogP contribution is -2.18. The minimum atomic E-state index is -0.268. The Morgan fingerprint density at radius 2 is 1.23 bits per heavy atom. The van der Waals surface area contributed by atoms with Crippen LogP contribution >= 0.6 is 0 Å². The highest BCUT2D eigenvalue weighted by Gasteiger charge is 2.18. The minimum Gasteiger partial charge on any atom is -0.423 e. The van der Waals surface area contributed by atoms with Crippen molar-refractivity contribution in [1.82, 2.24) is 0 Å². The Bertz CT molecular complexity index is 596. The fourth-order valence-electron chi connectivity index (χ4n) is 3.40.